The van der Waals surface area contributed by atoms with Crippen molar-refractivity contribution in [2.24, 2.45) is 11.8 Å². The largest absolute Gasteiger partial charge is 0.0925 e. The van der Waals surface area contributed by atoms with Gasteiger partial charge in [0.15, 0.2) is 0 Å². The molecular weight excluding hydrogens is 248 g/mol. The second kappa shape index (κ2) is 7.05. The van der Waals surface area contributed by atoms with Crippen molar-refractivity contribution in [1.82, 2.24) is 0 Å². The molecule has 1 aromatic carbocycles. The van der Waals surface area contributed by atoms with Gasteiger partial charge in [-0.3, -0.25) is 0 Å². The molecule has 0 saturated heterocycles. The van der Waals surface area contributed by atoms with Gasteiger partial charge in [0, 0.05) is 5.33 Å². The van der Waals surface area contributed by atoms with Gasteiger partial charge in [0.2, 0.25) is 0 Å². The van der Waals surface area contributed by atoms with E-state index in [1.165, 1.54) is 24.8 Å². The highest BCUT2D eigenvalue weighted by Gasteiger charge is 2.15. The first-order valence-corrected chi connectivity index (χ1v) is 7.00. The van der Waals surface area contributed by atoms with Crippen LogP contribution < -0.4 is 0 Å². The van der Waals surface area contributed by atoms with E-state index in [0.29, 0.717) is 0 Å². The number of alkyl halides is 1. The van der Waals surface area contributed by atoms with Gasteiger partial charge in [-0.05, 0) is 23.8 Å². The summed E-state index contributed by atoms with van der Waals surface area (Å²) in [6, 6.07) is 10.8. The molecule has 2 atom stereocenters. The molecule has 1 rings (SSSR count). The predicted molar refractivity (Wildman–Crippen MR) is 71.5 cm³/mol. The van der Waals surface area contributed by atoms with Gasteiger partial charge in [-0.15, -0.1) is 0 Å². The zero-order valence-corrected chi connectivity index (χ0v) is 11.3. The summed E-state index contributed by atoms with van der Waals surface area (Å²) in [6.07, 6.45) is 3.83. The third-order valence-electron chi connectivity index (χ3n) is 3.09. The molecule has 0 aliphatic rings. The third-order valence-corrected chi connectivity index (χ3v) is 3.92. The maximum absolute atomic E-state index is 3.64. The van der Waals surface area contributed by atoms with Crippen molar-refractivity contribution in [3.8, 4) is 0 Å². The Bertz CT molecular complexity index is 255. The zero-order valence-electron chi connectivity index (χ0n) is 9.75. The minimum Gasteiger partial charge on any atom is -0.0925 e. The molecule has 0 aliphatic heterocycles. The van der Waals surface area contributed by atoms with Gasteiger partial charge in [0.05, 0.1) is 0 Å². The van der Waals surface area contributed by atoms with E-state index in [2.05, 4.69) is 60.1 Å². The van der Waals surface area contributed by atoms with Crippen LogP contribution in [-0.2, 0) is 6.42 Å². The van der Waals surface area contributed by atoms with E-state index in [0.717, 1.165) is 17.2 Å². The summed E-state index contributed by atoms with van der Waals surface area (Å²) < 4.78 is 0. The van der Waals surface area contributed by atoms with Crippen LogP contribution in [0.3, 0.4) is 0 Å². The van der Waals surface area contributed by atoms with E-state index >= 15 is 0 Å². The van der Waals surface area contributed by atoms with E-state index in [1.54, 1.807) is 0 Å². The fourth-order valence-electron chi connectivity index (χ4n) is 2.02. The van der Waals surface area contributed by atoms with Crippen molar-refractivity contribution in [2.45, 2.75) is 33.1 Å². The molecule has 0 bridgehead atoms. The minimum atomic E-state index is 0.771. The molecule has 0 aliphatic carbocycles. The van der Waals surface area contributed by atoms with Crippen LogP contribution in [0.4, 0.5) is 0 Å². The molecule has 0 N–H and O–H groups in total. The first-order valence-electron chi connectivity index (χ1n) is 5.87. The Hall–Kier alpha value is -0.300. The van der Waals surface area contributed by atoms with E-state index in [4.69, 9.17) is 0 Å². The minimum absolute atomic E-state index is 0.771. The molecular formula is C14H21Br. The maximum atomic E-state index is 3.64. The lowest BCUT2D eigenvalue weighted by atomic mass is 9.87. The smallest absolute Gasteiger partial charge is 0.00653 e. The van der Waals surface area contributed by atoms with Crippen LogP contribution in [0.25, 0.3) is 0 Å². The summed E-state index contributed by atoms with van der Waals surface area (Å²) in [7, 11) is 0. The molecule has 0 saturated carbocycles. The van der Waals surface area contributed by atoms with E-state index in [-0.39, 0.29) is 0 Å². The molecule has 84 valence electrons. The van der Waals surface area contributed by atoms with Gasteiger partial charge in [0.1, 0.15) is 0 Å². The van der Waals surface area contributed by atoms with Crippen molar-refractivity contribution >= 4 is 15.9 Å². The average molecular weight is 269 g/mol. The van der Waals surface area contributed by atoms with Crippen LogP contribution in [0.15, 0.2) is 30.3 Å². The molecule has 0 heterocycles. The number of hydrogen-bond acceptors (Lipinski definition) is 0. The lowest BCUT2D eigenvalue weighted by Gasteiger charge is -2.21. The highest BCUT2D eigenvalue weighted by Crippen LogP contribution is 2.23. The van der Waals surface area contributed by atoms with Crippen LogP contribution in [0, 0.1) is 11.8 Å². The summed E-state index contributed by atoms with van der Waals surface area (Å²) in [5.41, 5.74) is 1.46. The Morgan fingerprint density at radius 1 is 1.20 bits per heavy atom. The van der Waals surface area contributed by atoms with E-state index < -0.39 is 0 Å². The van der Waals surface area contributed by atoms with Crippen LogP contribution in [0.1, 0.15) is 32.3 Å². The van der Waals surface area contributed by atoms with Crippen molar-refractivity contribution in [3.63, 3.8) is 0 Å². The van der Waals surface area contributed by atoms with Crippen molar-refractivity contribution in [3.05, 3.63) is 35.9 Å². The lowest BCUT2D eigenvalue weighted by molar-refractivity contribution is 0.367. The van der Waals surface area contributed by atoms with Gasteiger partial charge >= 0.3 is 0 Å². The third kappa shape index (κ3) is 4.38. The molecule has 1 heteroatoms. The Morgan fingerprint density at radius 3 is 2.40 bits per heavy atom. The molecule has 1 aromatic rings. The monoisotopic (exact) mass is 268 g/mol. The second-order valence-corrected chi connectivity index (χ2v) is 5.02. The molecule has 0 aromatic heterocycles. The summed E-state index contributed by atoms with van der Waals surface area (Å²) in [6.45, 7) is 4.64. The molecule has 0 radical (unpaired) electrons. The summed E-state index contributed by atoms with van der Waals surface area (Å²) >= 11 is 3.64. The van der Waals surface area contributed by atoms with Crippen LogP contribution in [0.5, 0.6) is 0 Å². The lowest BCUT2D eigenvalue weighted by Crippen LogP contribution is -2.16. The summed E-state index contributed by atoms with van der Waals surface area (Å²) in [4.78, 5) is 0. The van der Waals surface area contributed by atoms with Crippen LogP contribution in [0.2, 0.25) is 0 Å². The van der Waals surface area contributed by atoms with Crippen LogP contribution in [-0.4, -0.2) is 5.33 Å². The topological polar surface area (TPSA) is 0 Å². The van der Waals surface area contributed by atoms with Crippen molar-refractivity contribution in [1.29, 1.82) is 0 Å². The van der Waals surface area contributed by atoms with Gasteiger partial charge in [-0.1, -0.05) is 73.0 Å². The SMILES string of the molecule is CCCC(C)C(CBr)Cc1ccccc1. The van der Waals surface area contributed by atoms with Gasteiger partial charge in [-0.2, -0.15) is 0 Å². The molecule has 0 amide bonds. The Kier molecular flexibility index (Phi) is 6.00. The Labute approximate surface area is 102 Å². The second-order valence-electron chi connectivity index (χ2n) is 4.37. The first-order chi connectivity index (χ1) is 7.27. The molecule has 0 fully saturated rings. The fraction of sp³-hybridized carbons (Fsp3) is 0.571. The molecule has 15 heavy (non-hydrogen) atoms. The van der Waals surface area contributed by atoms with Gasteiger partial charge in [0.25, 0.3) is 0 Å². The summed E-state index contributed by atoms with van der Waals surface area (Å²) in [5.74, 6) is 1.59. The molecule has 2 unspecified atom stereocenters. The molecule has 0 nitrogen and oxygen atoms in total. The average Bonchev–Trinajstić information content (AvgIpc) is 2.27. The van der Waals surface area contributed by atoms with Gasteiger partial charge in [-0.25, -0.2) is 0 Å². The summed E-state index contributed by atoms with van der Waals surface area (Å²) in [5, 5.41) is 1.11. The van der Waals surface area contributed by atoms with Crippen molar-refractivity contribution in [2.75, 3.05) is 5.33 Å². The maximum Gasteiger partial charge on any atom is 0.00653 e. The first kappa shape index (κ1) is 12.8. The van der Waals surface area contributed by atoms with Gasteiger partial charge < -0.3 is 0 Å². The van der Waals surface area contributed by atoms with Crippen molar-refractivity contribution < 1.29 is 0 Å². The number of benzene rings is 1. The number of rotatable bonds is 6. The highest BCUT2D eigenvalue weighted by molar-refractivity contribution is 9.09. The number of halogens is 1. The number of hydrogen-bond donors (Lipinski definition) is 0. The fourth-order valence-corrected chi connectivity index (χ4v) is 2.88. The zero-order chi connectivity index (χ0) is 11.1. The Morgan fingerprint density at radius 2 is 1.87 bits per heavy atom. The highest BCUT2D eigenvalue weighted by atomic mass is 79.9. The van der Waals surface area contributed by atoms with Crippen LogP contribution >= 0.6 is 15.9 Å². The predicted octanol–water partition coefficient (Wildman–Crippen LogP) is 4.68. The Balaban J connectivity index is 2.53. The quantitative estimate of drug-likeness (QED) is 0.658. The standard InChI is InChI=1S/C14H21Br/c1-3-7-12(2)14(11-15)10-13-8-5-4-6-9-13/h4-6,8-9,12,14H,3,7,10-11H2,1-2H3. The normalized spacial score (nSPS) is 14.9. The van der Waals surface area contributed by atoms with E-state index in [1.807, 2.05) is 0 Å². The molecule has 0 spiro atoms. The van der Waals surface area contributed by atoms with E-state index in [9.17, 15) is 0 Å².